The molecule has 0 aliphatic rings. The minimum atomic E-state index is -1.87. The SMILES string of the molecule is CC(O)C(N)C(=O)NC(CS)C(=O)NC(CC(=O)O)C(=O)NC(CC(=O)O)C(=O)O. The van der Waals surface area contributed by atoms with Crippen LogP contribution >= 0.6 is 12.6 Å². The summed E-state index contributed by atoms with van der Waals surface area (Å²) in [5, 5.41) is 41.9. The number of aliphatic carboxylic acids is 3. The van der Waals surface area contributed by atoms with Crippen molar-refractivity contribution in [2.24, 2.45) is 5.73 Å². The van der Waals surface area contributed by atoms with Gasteiger partial charge in [-0.2, -0.15) is 12.6 Å². The zero-order chi connectivity index (χ0) is 23.6. The average molecular weight is 452 g/mol. The second kappa shape index (κ2) is 12.6. The van der Waals surface area contributed by atoms with Crippen molar-refractivity contribution in [3.63, 3.8) is 0 Å². The van der Waals surface area contributed by atoms with E-state index in [9.17, 15) is 33.9 Å². The van der Waals surface area contributed by atoms with Crippen LogP contribution in [0.1, 0.15) is 19.8 Å². The summed E-state index contributed by atoms with van der Waals surface area (Å²) in [4.78, 5) is 69.2. The number of nitrogens with two attached hydrogens (primary N) is 1. The minimum absolute atomic E-state index is 0.289. The Kier molecular flexibility index (Phi) is 11.4. The molecule has 9 N–H and O–H groups in total. The van der Waals surface area contributed by atoms with Crippen molar-refractivity contribution in [3.05, 3.63) is 0 Å². The van der Waals surface area contributed by atoms with Crippen molar-refractivity contribution in [2.45, 2.75) is 50.0 Å². The van der Waals surface area contributed by atoms with Crippen molar-refractivity contribution < 1.29 is 49.2 Å². The lowest BCUT2D eigenvalue weighted by atomic mass is 10.1. The smallest absolute Gasteiger partial charge is 0.326 e. The lowest BCUT2D eigenvalue weighted by Gasteiger charge is -2.24. The van der Waals surface area contributed by atoms with Crippen molar-refractivity contribution in [1.29, 1.82) is 0 Å². The topological polar surface area (TPSA) is 245 Å². The van der Waals surface area contributed by atoms with Gasteiger partial charge in [0, 0.05) is 5.75 Å². The molecule has 0 aliphatic heterocycles. The molecule has 0 aliphatic carbocycles. The first-order valence-corrected chi connectivity index (χ1v) is 9.05. The monoisotopic (exact) mass is 452 g/mol. The average Bonchev–Trinajstić information content (AvgIpc) is 2.62. The Morgan fingerprint density at radius 2 is 1.20 bits per heavy atom. The Morgan fingerprint density at radius 1 is 0.800 bits per heavy atom. The first-order chi connectivity index (χ1) is 13.8. The molecule has 30 heavy (non-hydrogen) atoms. The summed E-state index contributed by atoms with van der Waals surface area (Å²) in [7, 11) is 0. The standard InChI is InChI=1S/C15H24N4O10S/c1-5(20)11(16)14(27)19-8(4-30)13(26)17-6(2-9(21)22)12(25)18-7(15(28)29)3-10(23)24/h5-8,11,20,30H,2-4,16H2,1H3,(H,17,26)(H,18,25)(H,19,27)(H,21,22)(H,23,24)(H,28,29). The number of aliphatic hydroxyl groups excluding tert-OH is 1. The number of carboxylic acid groups (broad SMARTS) is 3. The Labute approximate surface area is 175 Å². The molecule has 0 fully saturated rings. The number of hydrogen-bond donors (Lipinski definition) is 9. The number of rotatable bonds is 13. The van der Waals surface area contributed by atoms with Gasteiger partial charge >= 0.3 is 17.9 Å². The van der Waals surface area contributed by atoms with Crippen LogP contribution in [0.2, 0.25) is 0 Å². The van der Waals surface area contributed by atoms with Gasteiger partial charge in [-0.3, -0.25) is 24.0 Å². The van der Waals surface area contributed by atoms with Gasteiger partial charge in [0.25, 0.3) is 0 Å². The molecule has 0 saturated heterocycles. The van der Waals surface area contributed by atoms with Gasteiger partial charge in [-0.1, -0.05) is 0 Å². The van der Waals surface area contributed by atoms with Gasteiger partial charge in [-0.05, 0) is 6.92 Å². The summed E-state index contributed by atoms with van der Waals surface area (Å²) >= 11 is 3.88. The van der Waals surface area contributed by atoms with Crippen molar-refractivity contribution in [3.8, 4) is 0 Å². The molecular weight excluding hydrogens is 428 g/mol. The molecule has 15 heteroatoms. The zero-order valence-corrected chi connectivity index (χ0v) is 16.7. The predicted octanol–water partition coefficient (Wildman–Crippen LogP) is -3.89. The number of carbonyl (C=O) groups excluding carboxylic acids is 3. The fourth-order valence-electron chi connectivity index (χ4n) is 1.98. The van der Waals surface area contributed by atoms with Gasteiger partial charge < -0.3 is 42.1 Å². The second-order valence-electron chi connectivity index (χ2n) is 6.17. The van der Waals surface area contributed by atoms with E-state index in [1.165, 1.54) is 6.92 Å². The first kappa shape index (κ1) is 27.1. The van der Waals surface area contributed by atoms with Crippen molar-refractivity contribution >= 4 is 48.3 Å². The maximum Gasteiger partial charge on any atom is 0.326 e. The number of aliphatic hydroxyl groups is 1. The molecule has 5 unspecified atom stereocenters. The van der Waals surface area contributed by atoms with Crippen LogP contribution in [0, 0.1) is 0 Å². The quantitative estimate of drug-likeness (QED) is 0.122. The Bertz CT molecular complexity index is 686. The normalized spacial score (nSPS) is 15.6. The molecule has 5 atom stereocenters. The first-order valence-electron chi connectivity index (χ1n) is 8.42. The van der Waals surface area contributed by atoms with Gasteiger partial charge in [-0.25, -0.2) is 4.79 Å². The van der Waals surface area contributed by atoms with Crippen LogP contribution in [0.25, 0.3) is 0 Å². The van der Waals surface area contributed by atoms with Crippen molar-refractivity contribution in [2.75, 3.05) is 5.75 Å². The highest BCUT2D eigenvalue weighted by Crippen LogP contribution is 2.01. The third-order valence-corrected chi connectivity index (χ3v) is 4.01. The highest BCUT2D eigenvalue weighted by Gasteiger charge is 2.32. The van der Waals surface area contributed by atoms with Gasteiger partial charge in [0.05, 0.1) is 18.9 Å². The third kappa shape index (κ3) is 9.53. The molecule has 170 valence electrons. The lowest BCUT2D eigenvalue weighted by molar-refractivity contribution is -0.148. The van der Waals surface area contributed by atoms with Crippen LogP contribution in [0.15, 0.2) is 0 Å². The molecular formula is C15H24N4O10S. The second-order valence-corrected chi connectivity index (χ2v) is 6.53. The fourth-order valence-corrected chi connectivity index (χ4v) is 2.24. The lowest BCUT2D eigenvalue weighted by Crippen LogP contribution is -2.59. The van der Waals surface area contributed by atoms with Crippen molar-refractivity contribution in [1.82, 2.24) is 16.0 Å². The number of hydrogen-bond acceptors (Lipinski definition) is 9. The number of nitrogens with one attached hydrogen (secondary N) is 3. The zero-order valence-electron chi connectivity index (χ0n) is 15.8. The fraction of sp³-hybridized carbons (Fsp3) is 0.600. The van der Waals surface area contributed by atoms with E-state index in [-0.39, 0.29) is 5.75 Å². The maximum atomic E-state index is 12.3. The summed E-state index contributed by atoms with van der Waals surface area (Å²) in [5.41, 5.74) is 5.44. The predicted molar refractivity (Wildman–Crippen MR) is 101 cm³/mol. The molecule has 0 heterocycles. The van der Waals surface area contributed by atoms with E-state index in [0.29, 0.717) is 0 Å². The van der Waals surface area contributed by atoms with Crippen LogP contribution in [0.4, 0.5) is 0 Å². The summed E-state index contributed by atoms with van der Waals surface area (Å²) < 4.78 is 0. The van der Waals surface area contributed by atoms with Gasteiger partial charge in [0.2, 0.25) is 17.7 Å². The van der Waals surface area contributed by atoms with Gasteiger partial charge in [-0.15, -0.1) is 0 Å². The number of amides is 3. The number of thiol groups is 1. The molecule has 0 aromatic rings. The molecule has 0 aromatic heterocycles. The Hall–Kier alpha value is -2.91. The molecule has 14 nitrogen and oxygen atoms in total. The molecule has 0 rings (SSSR count). The van der Waals surface area contributed by atoms with Crippen LogP contribution in [0.3, 0.4) is 0 Å². The summed E-state index contributed by atoms with van der Waals surface area (Å²) in [5.74, 6) is -8.24. The van der Waals surface area contributed by atoms with Gasteiger partial charge in [0.15, 0.2) is 0 Å². The van der Waals surface area contributed by atoms with E-state index in [1.807, 2.05) is 10.6 Å². The molecule has 0 bridgehead atoms. The van der Waals surface area contributed by atoms with E-state index >= 15 is 0 Å². The summed E-state index contributed by atoms with van der Waals surface area (Å²) in [6, 6.07) is -6.39. The summed E-state index contributed by atoms with van der Waals surface area (Å²) in [6.07, 6.45) is -3.18. The maximum absolute atomic E-state index is 12.3. The van der Waals surface area contributed by atoms with E-state index < -0.39 is 78.7 Å². The summed E-state index contributed by atoms with van der Waals surface area (Å²) in [6.45, 7) is 1.24. The largest absolute Gasteiger partial charge is 0.481 e. The molecule has 0 radical (unpaired) electrons. The van der Waals surface area contributed by atoms with Crippen LogP contribution < -0.4 is 21.7 Å². The number of carboxylic acids is 3. The highest BCUT2D eigenvalue weighted by atomic mass is 32.1. The van der Waals surface area contributed by atoms with E-state index in [4.69, 9.17) is 21.1 Å². The van der Waals surface area contributed by atoms with Gasteiger partial charge in [0.1, 0.15) is 24.2 Å². The molecule has 0 aromatic carbocycles. The minimum Gasteiger partial charge on any atom is -0.481 e. The molecule has 3 amide bonds. The van der Waals surface area contributed by atoms with E-state index in [1.54, 1.807) is 0 Å². The molecule has 0 saturated carbocycles. The van der Waals surface area contributed by atoms with Crippen LogP contribution in [-0.4, -0.2) is 92.1 Å². The Balaban J connectivity index is 5.33. The van der Waals surface area contributed by atoms with Crippen LogP contribution in [0.5, 0.6) is 0 Å². The Morgan fingerprint density at radius 3 is 1.60 bits per heavy atom. The third-order valence-electron chi connectivity index (χ3n) is 3.64. The van der Waals surface area contributed by atoms with Crippen LogP contribution in [-0.2, 0) is 28.8 Å². The van der Waals surface area contributed by atoms with E-state index in [0.717, 1.165) is 0 Å². The molecule has 0 spiro atoms. The number of carbonyl (C=O) groups is 6. The highest BCUT2D eigenvalue weighted by molar-refractivity contribution is 7.80. The van der Waals surface area contributed by atoms with E-state index in [2.05, 4.69) is 17.9 Å².